The summed E-state index contributed by atoms with van der Waals surface area (Å²) in [5.74, 6) is 0.878. The molecule has 1 heterocycles. The van der Waals surface area contributed by atoms with Crippen LogP contribution in [-0.4, -0.2) is 6.54 Å². The van der Waals surface area contributed by atoms with Crippen LogP contribution in [0.15, 0.2) is 77.1 Å². The van der Waals surface area contributed by atoms with Crippen LogP contribution in [0.25, 0.3) is 0 Å². The monoisotopic (exact) mass is 370 g/mol. The lowest BCUT2D eigenvalue weighted by molar-refractivity contribution is 0.209. The molecule has 0 atom stereocenters. The summed E-state index contributed by atoms with van der Waals surface area (Å²) in [6, 6.07) is 18.5. The van der Waals surface area contributed by atoms with Crippen LogP contribution < -0.4 is 10.6 Å². The van der Waals surface area contributed by atoms with Crippen LogP contribution in [0, 0.1) is 0 Å². The van der Waals surface area contributed by atoms with E-state index in [0.717, 1.165) is 33.6 Å². The van der Waals surface area contributed by atoms with E-state index in [9.17, 15) is 0 Å². The van der Waals surface area contributed by atoms with Crippen LogP contribution in [0.2, 0.25) is 0 Å². The summed E-state index contributed by atoms with van der Waals surface area (Å²) in [6.45, 7) is 1.89. The highest BCUT2D eigenvalue weighted by atomic mass is 79.9. The third kappa shape index (κ3) is 4.03. The number of nitrogens with two attached hydrogens (primary N) is 1. The zero-order valence-electron chi connectivity index (χ0n) is 12.8. The number of allylic oxidation sites excluding steroid dienone is 1. The molecule has 2 aromatic rings. The summed E-state index contributed by atoms with van der Waals surface area (Å²) in [6.07, 6.45) is 4.04. The zero-order chi connectivity index (χ0) is 16.1. The summed E-state index contributed by atoms with van der Waals surface area (Å²) < 4.78 is 6.95. The first-order valence-electron chi connectivity index (χ1n) is 7.55. The number of benzene rings is 2. The predicted molar refractivity (Wildman–Crippen MR) is 98.0 cm³/mol. The van der Waals surface area contributed by atoms with Gasteiger partial charge in [0.15, 0.2) is 0 Å². The molecule has 4 heteroatoms. The SMILES string of the molecule is NCc1ccc(N2C=CC(OCc3ccccc3)=C(Br)C2)cc1. The summed E-state index contributed by atoms with van der Waals surface area (Å²) in [5, 5.41) is 0. The third-order valence-electron chi connectivity index (χ3n) is 3.72. The molecule has 0 fully saturated rings. The van der Waals surface area contributed by atoms with E-state index in [1.807, 2.05) is 30.5 Å². The van der Waals surface area contributed by atoms with E-state index in [1.54, 1.807) is 0 Å². The fraction of sp³-hybridized carbons (Fsp3) is 0.158. The molecule has 1 aliphatic heterocycles. The van der Waals surface area contributed by atoms with Crippen molar-refractivity contribution in [2.75, 3.05) is 11.4 Å². The van der Waals surface area contributed by atoms with Crippen molar-refractivity contribution in [1.29, 1.82) is 0 Å². The van der Waals surface area contributed by atoms with E-state index in [0.29, 0.717) is 13.2 Å². The Morgan fingerprint density at radius 2 is 1.74 bits per heavy atom. The van der Waals surface area contributed by atoms with Crippen molar-refractivity contribution >= 4 is 21.6 Å². The van der Waals surface area contributed by atoms with Gasteiger partial charge >= 0.3 is 0 Å². The van der Waals surface area contributed by atoms with Gasteiger partial charge in [-0.15, -0.1) is 0 Å². The third-order valence-corrected chi connectivity index (χ3v) is 4.36. The molecule has 2 aromatic carbocycles. The minimum Gasteiger partial charge on any atom is -0.488 e. The van der Waals surface area contributed by atoms with Crippen LogP contribution in [0.4, 0.5) is 5.69 Å². The lowest BCUT2D eigenvalue weighted by Crippen LogP contribution is -2.21. The Labute approximate surface area is 145 Å². The maximum atomic E-state index is 5.90. The number of hydrogen-bond donors (Lipinski definition) is 1. The summed E-state index contributed by atoms with van der Waals surface area (Å²) in [4.78, 5) is 2.17. The van der Waals surface area contributed by atoms with Gasteiger partial charge < -0.3 is 15.4 Å². The number of hydrogen-bond acceptors (Lipinski definition) is 3. The first kappa shape index (κ1) is 15.8. The van der Waals surface area contributed by atoms with Gasteiger partial charge in [0.2, 0.25) is 0 Å². The summed E-state index contributed by atoms with van der Waals surface area (Å²) in [7, 11) is 0. The fourth-order valence-electron chi connectivity index (χ4n) is 2.39. The molecule has 0 aliphatic carbocycles. The summed E-state index contributed by atoms with van der Waals surface area (Å²) >= 11 is 3.64. The minimum atomic E-state index is 0.567. The van der Waals surface area contributed by atoms with Crippen molar-refractivity contribution < 1.29 is 4.74 Å². The first-order chi connectivity index (χ1) is 11.3. The van der Waals surface area contributed by atoms with Crippen molar-refractivity contribution in [2.24, 2.45) is 5.73 Å². The number of halogens is 1. The fourth-order valence-corrected chi connectivity index (χ4v) is 2.91. The predicted octanol–water partition coefficient (Wildman–Crippen LogP) is 4.30. The van der Waals surface area contributed by atoms with Gasteiger partial charge in [-0.05, 0) is 45.3 Å². The molecule has 0 saturated heterocycles. The molecule has 0 aromatic heterocycles. The molecular weight excluding hydrogens is 352 g/mol. The van der Waals surface area contributed by atoms with E-state index >= 15 is 0 Å². The molecule has 3 nitrogen and oxygen atoms in total. The van der Waals surface area contributed by atoms with Crippen molar-refractivity contribution in [1.82, 2.24) is 0 Å². The first-order valence-corrected chi connectivity index (χ1v) is 8.35. The van der Waals surface area contributed by atoms with Gasteiger partial charge in [-0.1, -0.05) is 42.5 Å². The van der Waals surface area contributed by atoms with Gasteiger partial charge in [-0.3, -0.25) is 0 Å². The number of ether oxygens (including phenoxy) is 1. The Morgan fingerprint density at radius 3 is 2.39 bits per heavy atom. The lowest BCUT2D eigenvalue weighted by Gasteiger charge is -2.25. The second kappa shape index (κ2) is 7.49. The van der Waals surface area contributed by atoms with Crippen LogP contribution in [0.5, 0.6) is 0 Å². The molecule has 0 spiro atoms. The van der Waals surface area contributed by atoms with E-state index in [1.165, 1.54) is 0 Å². The molecule has 0 saturated carbocycles. The largest absolute Gasteiger partial charge is 0.488 e. The van der Waals surface area contributed by atoms with Gasteiger partial charge in [0.05, 0.1) is 11.0 Å². The Morgan fingerprint density at radius 1 is 1.00 bits per heavy atom. The molecule has 0 radical (unpaired) electrons. The zero-order valence-corrected chi connectivity index (χ0v) is 14.4. The van der Waals surface area contributed by atoms with Crippen molar-refractivity contribution in [3.05, 3.63) is 88.2 Å². The van der Waals surface area contributed by atoms with Gasteiger partial charge in [-0.25, -0.2) is 0 Å². The standard InChI is InChI=1S/C19H19BrN2O/c20-18-13-22(17-8-6-15(12-21)7-9-17)11-10-19(18)23-14-16-4-2-1-3-5-16/h1-11H,12-14,21H2. The molecule has 23 heavy (non-hydrogen) atoms. The van der Waals surface area contributed by atoms with Gasteiger partial charge in [-0.2, -0.15) is 0 Å². The highest BCUT2D eigenvalue weighted by Crippen LogP contribution is 2.26. The maximum Gasteiger partial charge on any atom is 0.133 e. The Balaban J connectivity index is 1.64. The van der Waals surface area contributed by atoms with Gasteiger partial charge in [0, 0.05) is 18.4 Å². The second-order valence-electron chi connectivity index (χ2n) is 5.36. The van der Waals surface area contributed by atoms with Crippen molar-refractivity contribution in [2.45, 2.75) is 13.2 Å². The normalized spacial score (nSPS) is 14.3. The minimum absolute atomic E-state index is 0.567. The Hall–Kier alpha value is -2.04. The number of anilines is 1. The number of nitrogens with zero attached hydrogens (tertiary/aromatic N) is 1. The molecule has 0 unspecified atom stereocenters. The van der Waals surface area contributed by atoms with Crippen molar-refractivity contribution in [3.8, 4) is 0 Å². The molecule has 118 valence electrons. The molecule has 0 bridgehead atoms. The van der Waals surface area contributed by atoms with Crippen LogP contribution >= 0.6 is 15.9 Å². The Bertz CT molecular complexity index is 708. The lowest BCUT2D eigenvalue weighted by atomic mass is 10.2. The highest BCUT2D eigenvalue weighted by molar-refractivity contribution is 9.11. The average Bonchev–Trinajstić information content (AvgIpc) is 2.61. The molecule has 3 rings (SSSR count). The summed E-state index contributed by atoms with van der Waals surface area (Å²) in [5.41, 5.74) is 9.07. The van der Waals surface area contributed by atoms with E-state index < -0.39 is 0 Å². The topological polar surface area (TPSA) is 38.5 Å². The molecule has 1 aliphatic rings. The average molecular weight is 371 g/mol. The van der Waals surface area contributed by atoms with Crippen LogP contribution in [0.3, 0.4) is 0 Å². The van der Waals surface area contributed by atoms with Crippen LogP contribution in [0.1, 0.15) is 11.1 Å². The molecular formula is C19H19BrN2O. The Kier molecular flexibility index (Phi) is 5.16. The van der Waals surface area contributed by atoms with Gasteiger partial charge in [0.1, 0.15) is 12.4 Å². The number of rotatable bonds is 5. The van der Waals surface area contributed by atoms with E-state index in [4.69, 9.17) is 10.5 Å². The van der Waals surface area contributed by atoms with E-state index in [2.05, 4.69) is 57.2 Å². The van der Waals surface area contributed by atoms with E-state index in [-0.39, 0.29) is 0 Å². The maximum absolute atomic E-state index is 5.90. The van der Waals surface area contributed by atoms with Gasteiger partial charge in [0.25, 0.3) is 0 Å². The van der Waals surface area contributed by atoms with Crippen LogP contribution in [-0.2, 0) is 17.9 Å². The quantitative estimate of drug-likeness (QED) is 0.852. The second-order valence-corrected chi connectivity index (χ2v) is 6.31. The van der Waals surface area contributed by atoms with Crippen molar-refractivity contribution in [3.63, 3.8) is 0 Å². The highest BCUT2D eigenvalue weighted by Gasteiger charge is 2.14. The molecule has 0 amide bonds. The molecule has 2 N–H and O–H groups in total. The smallest absolute Gasteiger partial charge is 0.133 e.